The van der Waals surface area contributed by atoms with E-state index in [1.54, 1.807) is 4.31 Å². The standard InChI is InChI=1S/C16H30N2O2S/c1-12-8-14-10-13(2)16(15(9-12)11-14)17-4-6-18(7-5-17)21(3,19)20/h12-16H,4-11H2,1-3H3. The van der Waals surface area contributed by atoms with Gasteiger partial charge < -0.3 is 0 Å². The molecule has 122 valence electrons. The minimum Gasteiger partial charge on any atom is -0.297 e. The Morgan fingerprint density at radius 3 is 2.19 bits per heavy atom. The van der Waals surface area contributed by atoms with Crippen molar-refractivity contribution in [3.63, 3.8) is 0 Å². The Kier molecular flexibility index (Phi) is 4.37. The van der Waals surface area contributed by atoms with Gasteiger partial charge in [0.2, 0.25) is 10.0 Å². The second kappa shape index (κ2) is 5.82. The van der Waals surface area contributed by atoms with Gasteiger partial charge >= 0.3 is 0 Å². The highest BCUT2D eigenvalue weighted by Gasteiger charge is 2.43. The molecule has 2 saturated carbocycles. The second-order valence-electron chi connectivity index (χ2n) is 7.84. The topological polar surface area (TPSA) is 40.6 Å². The number of rotatable bonds is 2. The smallest absolute Gasteiger partial charge is 0.211 e. The van der Waals surface area contributed by atoms with Crippen LogP contribution in [0.4, 0.5) is 0 Å². The Labute approximate surface area is 129 Å². The lowest BCUT2D eigenvalue weighted by atomic mass is 9.62. The van der Waals surface area contributed by atoms with E-state index in [0.717, 1.165) is 36.8 Å². The SMILES string of the molecule is CC1CC2CC(C)C(N3CCN(S(C)(=O)=O)CC3)C(C1)C2. The molecule has 3 fully saturated rings. The Morgan fingerprint density at radius 1 is 0.905 bits per heavy atom. The molecule has 5 atom stereocenters. The van der Waals surface area contributed by atoms with Gasteiger partial charge in [0.1, 0.15) is 0 Å². The summed E-state index contributed by atoms with van der Waals surface area (Å²) in [6, 6.07) is 0.686. The minimum absolute atomic E-state index is 0.674. The van der Waals surface area contributed by atoms with Crippen molar-refractivity contribution in [1.29, 1.82) is 0 Å². The van der Waals surface area contributed by atoms with Crippen LogP contribution in [-0.4, -0.2) is 56.1 Å². The zero-order valence-corrected chi connectivity index (χ0v) is 14.5. The summed E-state index contributed by atoms with van der Waals surface area (Å²) in [4.78, 5) is 2.60. The first-order chi connectivity index (χ1) is 9.84. The van der Waals surface area contributed by atoms with E-state index in [4.69, 9.17) is 0 Å². The van der Waals surface area contributed by atoms with Gasteiger partial charge in [0.05, 0.1) is 6.26 Å². The number of piperazine rings is 1. The molecule has 5 heteroatoms. The Hall–Kier alpha value is -0.130. The summed E-state index contributed by atoms with van der Waals surface area (Å²) in [7, 11) is -3.01. The van der Waals surface area contributed by atoms with E-state index in [0.29, 0.717) is 19.1 Å². The lowest BCUT2D eigenvalue weighted by Crippen LogP contribution is -2.57. The number of hydrogen-bond acceptors (Lipinski definition) is 3. The molecular weight excluding hydrogens is 284 g/mol. The van der Waals surface area contributed by atoms with Crippen LogP contribution < -0.4 is 0 Å². The summed E-state index contributed by atoms with van der Waals surface area (Å²) in [5, 5.41) is 0. The number of sulfonamides is 1. The van der Waals surface area contributed by atoms with Crippen LogP contribution in [0.15, 0.2) is 0 Å². The van der Waals surface area contributed by atoms with Crippen molar-refractivity contribution >= 4 is 10.0 Å². The summed E-state index contributed by atoms with van der Waals surface area (Å²) in [6.45, 7) is 8.01. The van der Waals surface area contributed by atoms with Crippen LogP contribution >= 0.6 is 0 Å². The van der Waals surface area contributed by atoms with Crippen LogP contribution in [0.2, 0.25) is 0 Å². The van der Waals surface area contributed by atoms with Crippen molar-refractivity contribution in [3.8, 4) is 0 Å². The summed E-state index contributed by atoms with van der Waals surface area (Å²) in [6.07, 6.45) is 6.91. The molecule has 0 aromatic carbocycles. The molecule has 3 rings (SSSR count). The van der Waals surface area contributed by atoms with E-state index >= 15 is 0 Å². The Bertz CT molecular complexity index is 467. The molecular formula is C16H30N2O2S. The first-order valence-electron chi connectivity index (χ1n) is 8.53. The van der Waals surface area contributed by atoms with Gasteiger partial charge in [-0.05, 0) is 49.4 Å². The average molecular weight is 314 g/mol. The summed E-state index contributed by atoms with van der Waals surface area (Å²) in [5.74, 6) is 3.43. The fourth-order valence-corrected chi connectivity index (χ4v) is 6.22. The monoisotopic (exact) mass is 314 g/mol. The number of hydrogen-bond donors (Lipinski definition) is 0. The van der Waals surface area contributed by atoms with Crippen LogP contribution in [0.3, 0.4) is 0 Å². The zero-order valence-electron chi connectivity index (χ0n) is 13.7. The van der Waals surface area contributed by atoms with Crippen molar-refractivity contribution in [2.75, 3.05) is 32.4 Å². The Morgan fingerprint density at radius 2 is 1.57 bits per heavy atom. The fourth-order valence-electron chi connectivity index (χ4n) is 5.40. The van der Waals surface area contributed by atoms with Gasteiger partial charge in [-0.15, -0.1) is 0 Å². The van der Waals surface area contributed by atoms with Crippen LogP contribution in [0.25, 0.3) is 0 Å². The van der Waals surface area contributed by atoms with E-state index < -0.39 is 10.0 Å². The molecule has 21 heavy (non-hydrogen) atoms. The van der Waals surface area contributed by atoms with Gasteiger partial charge in [0.25, 0.3) is 0 Å². The summed E-state index contributed by atoms with van der Waals surface area (Å²) in [5.41, 5.74) is 0. The lowest BCUT2D eigenvalue weighted by molar-refractivity contribution is -0.0134. The maximum absolute atomic E-state index is 11.7. The molecule has 0 aromatic heterocycles. The largest absolute Gasteiger partial charge is 0.297 e. The lowest BCUT2D eigenvalue weighted by Gasteiger charge is -2.52. The van der Waals surface area contributed by atoms with Gasteiger partial charge in [0, 0.05) is 32.2 Å². The van der Waals surface area contributed by atoms with Gasteiger partial charge in [-0.25, -0.2) is 8.42 Å². The summed E-state index contributed by atoms with van der Waals surface area (Å²) < 4.78 is 25.0. The quantitative estimate of drug-likeness (QED) is 0.783. The van der Waals surface area contributed by atoms with E-state index in [-0.39, 0.29) is 0 Å². The van der Waals surface area contributed by atoms with Gasteiger partial charge in [-0.1, -0.05) is 13.8 Å². The van der Waals surface area contributed by atoms with Gasteiger partial charge in [-0.3, -0.25) is 4.90 Å². The maximum atomic E-state index is 11.7. The van der Waals surface area contributed by atoms with Crippen molar-refractivity contribution in [3.05, 3.63) is 0 Å². The van der Waals surface area contributed by atoms with Crippen molar-refractivity contribution < 1.29 is 8.42 Å². The van der Waals surface area contributed by atoms with Crippen LogP contribution in [0, 0.1) is 23.7 Å². The first kappa shape index (κ1) is 15.8. The third kappa shape index (κ3) is 3.30. The van der Waals surface area contributed by atoms with Gasteiger partial charge in [-0.2, -0.15) is 4.31 Å². The fraction of sp³-hybridized carbons (Fsp3) is 1.00. The molecule has 3 aliphatic rings. The van der Waals surface area contributed by atoms with Crippen LogP contribution in [0.1, 0.15) is 39.5 Å². The highest BCUT2D eigenvalue weighted by atomic mass is 32.2. The molecule has 0 radical (unpaired) electrons. The zero-order chi connectivity index (χ0) is 15.2. The molecule has 0 aromatic rings. The van der Waals surface area contributed by atoms with Crippen molar-refractivity contribution in [2.45, 2.75) is 45.6 Å². The molecule has 4 nitrogen and oxygen atoms in total. The predicted octanol–water partition coefficient (Wildman–Crippen LogP) is 2.02. The molecule has 1 heterocycles. The minimum atomic E-state index is -3.01. The normalized spacial score (nSPS) is 42.9. The highest BCUT2D eigenvalue weighted by Crippen LogP contribution is 2.46. The molecule has 0 amide bonds. The summed E-state index contributed by atoms with van der Waals surface area (Å²) >= 11 is 0. The number of nitrogens with zero attached hydrogens (tertiary/aromatic N) is 2. The molecule has 0 spiro atoms. The van der Waals surface area contributed by atoms with E-state index in [1.165, 1.54) is 31.9 Å². The van der Waals surface area contributed by atoms with Crippen molar-refractivity contribution in [2.24, 2.45) is 23.7 Å². The molecule has 2 aliphatic carbocycles. The van der Waals surface area contributed by atoms with E-state index in [2.05, 4.69) is 18.7 Å². The third-order valence-electron chi connectivity index (χ3n) is 6.01. The molecule has 0 N–H and O–H groups in total. The Balaban J connectivity index is 1.66. The average Bonchev–Trinajstić information content (AvgIpc) is 2.37. The second-order valence-corrected chi connectivity index (χ2v) is 9.82. The van der Waals surface area contributed by atoms with Crippen molar-refractivity contribution in [1.82, 2.24) is 9.21 Å². The van der Waals surface area contributed by atoms with Gasteiger partial charge in [0.15, 0.2) is 0 Å². The highest BCUT2D eigenvalue weighted by molar-refractivity contribution is 7.88. The third-order valence-corrected chi connectivity index (χ3v) is 7.32. The molecule has 2 bridgehead atoms. The molecule has 5 unspecified atom stereocenters. The van der Waals surface area contributed by atoms with Crippen LogP contribution in [0.5, 0.6) is 0 Å². The first-order valence-corrected chi connectivity index (χ1v) is 10.4. The van der Waals surface area contributed by atoms with E-state index in [1.807, 2.05) is 0 Å². The number of fused-ring (bicyclic) bond motifs is 2. The van der Waals surface area contributed by atoms with E-state index in [9.17, 15) is 8.42 Å². The molecule has 1 saturated heterocycles. The maximum Gasteiger partial charge on any atom is 0.211 e. The molecule has 1 aliphatic heterocycles. The van der Waals surface area contributed by atoms with Crippen LogP contribution in [-0.2, 0) is 10.0 Å². The predicted molar refractivity (Wildman–Crippen MR) is 85.6 cm³/mol.